The molecule has 1 heterocycles. The quantitative estimate of drug-likeness (QED) is 0.678. The zero-order valence-electron chi connectivity index (χ0n) is 12.1. The largest absolute Gasteiger partial charge is 0.481 e. The number of nitrogens with one attached hydrogen (secondary N) is 1. The van der Waals surface area contributed by atoms with E-state index in [0.717, 1.165) is 0 Å². The zero-order chi connectivity index (χ0) is 15.1. The second-order valence-corrected chi connectivity index (χ2v) is 5.12. The van der Waals surface area contributed by atoms with Gasteiger partial charge in [0.25, 0.3) is 0 Å². The van der Waals surface area contributed by atoms with E-state index < -0.39 is 5.97 Å². The van der Waals surface area contributed by atoms with Gasteiger partial charge >= 0.3 is 5.97 Å². The van der Waals surface area contributed by atoms with Crippen molar-refractivity contribution in [2.75, 3.05) is 39.8 Å². The third kappa shape index (κ3) is 5.16. The summed E-state index contributed by atoms with van der Waals surface area (Å²) in [6, 6.07) is 0. The van der Waals surface area contributed by atoms with Crippen molar-refractivity contribution in [3.8, 4) is 0 Å². The number of hydrogen-bond acceptors (Lipinski definition) is 4. The molecule has 0 aromatic rings. The van der Waals surface area contributed by atoms with Crippen molar-refractivity contribution in [2.45, 2.75) is 19.8 Å². The summed E-state index contributed by atoms with van der Waals surface area (Å²) in [5.74, 6) is -1.29. The van der Waals surface area contributed by atoms with Crippen LogP contribution in [0.3, 0.4) is 0 Å². The van der Waals surface area contributed by atoms with E-state index in [1.807, 2.05) is 6.92 Å². The van der Waals surface area contributed by atoms with Crippen molar-refractivity contribution in [3.05, 3.63) is 0 Å². The van der Waals surface area contributed by atoms with Crippen LogP contribution in [0.15, 0.2) is 0 Å². The van der Waals surface area contributed by atoms with Gasteiger partial charge in [-0.1, -0.05) is 0 Å². The summed E-state index contributed by atoms with van der Waals surface area (Å²) in [6.45, 7) is 3.73. The van der Waals surface area contributed by atoms with Gasteiger partial charge in [-0.2, -0.15) is 0 Å². The topological polar surface area (TPSA) is 90.0 Å². The summed E-state index contributed by atoms with van der Waals surface area (Å²) >= 11 is 0. The van der Waals surface area contributed by atoms with Gasteiger partial charge in [-0.25, -0.2) is 0 Å². The van der Waals surface area contributed by atoms with Crippen LogP contribution in [0.5, 0.6) is 0 Å². The molecule has 1 fully saturated rings. The van der Waals surface area contributed by atoms with Gasteiger partial charge in [-0.15, -0.1) is 0 Å². The number of hydrogen-bond donors (Lipinski definition) is 2. The van der Waals surface area contributed by atoms with E-state index in [9.17, 15) is 14.4 Å². The number of carboxylic acids is 1. The van der Waals surface area contributed by atoms with Gasteiger partial charge in [-0.3, -0.25) is 19.3 Å². The van der Waals surface area contributed by atoms with Gasteiger partial charge in [0.05, 0.1) is 19.0 Å². The fourth-order valence-electron chi connectivity index (χ4n) is 2.26. The van der Waals surface area contributed by atoms with Gasteiger partial charge < -0.3 is 15.3 Å². The summed E-state index contributed by atoms with van der Waals surface area (Å²) in [5.41, 5.74) is 0. The molecule has 1 aliphatic heterocycles. The van der Waals surface area contributed by atoms with E-state index in [1.165, 1.54) is 0 Å². The van der Waals surface area contributed by atoms with E-state index in [4.69, 9.17) is 5.11 Å². The van der Waals surface area contributed by atoms with Crippen molar-refractivity contribution in [3.63, 3.8) is 0 Å². The molecule has 0 aromatic carbocycles. The van der Waals surface area contributed by atoms with Crippen LogP contribution >= 0.6 is 0 Å². The first-order chi connectivity index (χ1) is 9.43. The molecule has 20 heavy (non-hydrogen) atoms. The van der Waals surface area contributed by atoms with E-state index in [2.05, 4.69) is 5.32 Å². The molecule has 0 saturated carbocycles. The van der Waals surface area contributed by atoms with E-state index in [-0.39, 0.29) is 30.8 Å². The second kappa shape index (κ2) is 7.84. The Morgan fingerprint density at radius 1 is 1.25 bits per heavy atom. The lowest BCUT2D eigenvalue weighted by molar-refractivity contribution is -0.146. The normalized spacial score (nSPS) is 16.2. The number of carboxylic acid groups (broad SMARTS) is 1. The summed E-state index contributed by atoms with van der Waals surface area (Å²) in [4.78, 5) is 37.6. The van der Waals surface area contributed by atoms with Gasteiger partial charge in [0.1, 0.15) is 0 Å². The third-order valence-electron chi connectivity index (χ3n) is 3.39. The molecule has 2 amide bonds. The van der Waals surface area contributed by atoms with Gasteiger partial charge in [0.2, 0.25) is 11.8 Å². The molecule has 1 saturated heterocycles. The Morgan fingerprint density at radius 3 is 2.35 bits per heavy atom. The molecule has 0 unspecified atom stereocenters. The van der Waals surface area contributed by atoms with Crippen LogP contribution in [-0.4, -0.2) is 72.5 Å². The Morgan fingerprint density at radius 2 is 1.85 bits per heavy atom. The molecule has 1 aliphatic rings. The Bertz CT molecular complexity index is 365. The molecule has 0 aliphatic carbocycles. The lowest BCUT2D eigenvalue weighted by Gasteiger charge is -2.31. The number of nitrogens with zero attached hydrogens (tertiary/aromatic N) is 2. The van der Waals surface area contributed by atoms with Gasteiger partial charge in [-0.05, 0) is 26.8 Å². The highest BCUT2D eigenvalue weighted by atomic mass is 16.4. The average Bonchev–Trinajstić information content (AvgIpc) is 2.38. The van der Waals surface area contributed by atoms with E-state index in [1.54, 1.807) is 16.8 Å². The molecule has 0 aromatic heterocycles. The van der Waals surface area contributed by atoms with E-state index >= 15 is 0 Å². The SMILES string of the molecule is CCNC(=O)CN(C)CC(=O)N1CCC(C(=O)O)CC1. The number of piperidine rings is 1. The van der Waals surface area contributed by atoms with Crippen LogP contribution in [0, 0.1) is 5.92 Å². The molecular weight excluding hydrogens is 262 g/mol. The first-order valence-corrected chi connectivity index (χ1v) is 6.89. The number of aliphatic carboxylic acids is 1. The zero-order valence-corrected chi connectivity index (χ0v) is 12.1. The molecule has 7 heteroatoms. The standard InChI is InChI=1S/C13H23N3O4/c1-3-14-11(17)8-15(2)9-12(18)16-6-4-10(5-7-16)13(19)20/h10H,3-9H2,1-2H3,(H,14,17)(H,19,20). The van der Waals surface area contributed by atoms with Crippen LogP contribution in [0.25, 0.3) is 0 Å². The van der Waals surface area contributed by atoms with Crippen LogP contribution in [-0.2, 0) is 14.4 Å². The van der Waals surface area contributed by atoms with Crippen molar-refractivity contribution in [2.24, 2.45) is 5.92 Å². The van der Waals surface area contributed by atoms with E-state index in [0.29, 0.717) is 32.5 Å². The molecule has 0 bridgehead atoms. The summed E-state index contributed by atoms with van der Waals surface area (Å²) in [6.07, 6.45) is 1.00. The molecule has 1 rings (SSSR count). The maximum absolute atomic E-state index is 12.0. The van der Waals surface area contributed by atoms with Crippen molar-refractivity contribution >= 4 is 17.8 Å². The highest BCUT2D eigenvalue weighted by Gasteiger charge is 2.27. The minimum Gasteiger partial charge on any atom is -0.481 e. The van der Waals surface area contributed by atoms with Crippen molar-refractivity contribution in [1.82, 2.24) is 15.1 Å². The summed E-state index contributed by atoms with van der Waals surface area (Å²) in [7, 11) is 1.72. The Labute approximate surface area is 118 Å². The average molecular weight is 285 g/mol. The molecular formula is C13H23N3O4. The van der Waals surface area contributed by atoms with Crippen LogP contribution in [0.2, 0.25) is 0 Å². The molecule has 7 nitrogen and oxygen atoms in total. The molecule has 0 spiro atoms. The Balaban J connectivity index is 2.33. The minimum atomic E-state index is -0.787. The second-order valence-electron chi connectivity index (χ2n) is 5.12. The predicted molar refractivity (Wildman–Crippen MR) is 73.1 cm³/mol. The minimum absolute atomic E-state index is 0.0550. The third-order valence-corrected chi connectivity index (χ3v) is 3.39. The van der Waals surface area contributed by atoms with Gasteiger partial charge in [0.15, 0.2) is 0 Å². The molecule has 0 atom stereocenters. The number of carbonyl (C=O) groups is 3. The Hall–Kier alpha value is -1.63. The number of amides is 2. The summed E-state index contributed by atoms with van der Waals surface area (Å²) in [5, 5.41) is 11.6. The first-order valence-electron chi connectivity index (χ1n) is 6.89. The highest BCUT2D eigenvalue weighted by molar-refractivity contribution is 5.81. The highest BCUT2D eigenvalue weighted by Crippen LogP contribution is 2.17. The number of rotatable bonds is 6. The fraction of sp³-hybridized carbons (Fsp3) is 0.769. The van der Waals surface area contributed by atoms with Crippen molar-refractivity contribution in [1.29, 1.82) is 0 Å². The monoisotopic (exact) mass is 285 g/mol. The smallest absolute Gasteiger partial charge is 0.306 e. The summed E-state index contributed by atoms with van der Waals surface area (Å²) < 4.78 is 0. The molecule has 2 N–H and O–H groups in total. The fourth-order valence-corrected chi connectivity index (χ4v) is 2.26. The van der Waals surface area contributed by atoms with Crippen LogP contribution < -0.4 is 5.32 Å². The van der Waals surface area contributed by atoms with Crippen molar-refractivity contribution < 1.29 is 19.5 Å². The number of carbonyl (C=O) groups excluding carboxylic acids is 2. The van der Waals surface area contributed by atoms with Crippen LogP contribution in [0.1, 0.15) is 19.8 Å². The maximum Gasteiger partial charge on any atom is 0.306 e. The predicted octanol–water partition coefficient (Wildman–Crippen LogP) is -0.622. The molecule has 114 valence electrons. The number of likely N-dealkylation sites (tertiary alicyclic amines) is 1. The van der Waals surface area contributed by atoms with Crippen LogP contribution in [0.4, 0.5) is 0 Å². The number of likely N-dealkylation sites (N-methyl/N-ethyl adjacent to an activating group) is 2. The lowest BCUT2D eigenvalue weighted by atomic mass is 9.97. The maximum atomic E-state index is 12.0. The van der Waals surface area contributed by atoms with Gasteiger partial charge in [0, 0.05) is 19.6 Å². The Kier molecular flexibility index (Phi) is 6.44. The molecule has 0 radical (unpaired) electrons. The lowest BCUT2D eigenvalue weighted by Crippen LogP contribution is -2.46. The first kappa shape index (κ1) is 16.4.